The fourth-order valence-corrected chi connectivity index (χ4v) is 6.37. The zero-order valence-electron chi connectivity index (χ0n) is 14.3. The van der Waals surface area contributed by atoms with Crippen LogP contribution in [0.15, 0.2) is 34.5 Å². The highest BCUT2D eigenvalue weighted by Crippen LogP contribution is 2.36. The number of benzene rings is 1. The molecule has 2 aliphatic heterocycles. The summed E-state index contributed by atoms with van der Waals surface area (Å²) in [6.07, 6.45) is 1.66. The Kier molecular flexibility index (Phi) is 4.50. The highest BCUT2D eigenvalue weighted by atomic mass is 32.2. The normalized spacial score (nSPS) is 20.0. The number of hydrogen-bond acceptors (Lipinski definition) is 6. The summed E-state index contributed by atoms with van der Waals surface area (Å²) >= 11 is 1.08. The molecule has 1 aromatic heterocycles. The molecule has 1 fully saturated rings. The molecule has 0 spiro atoms. The average molecular weight is 393 g/mol. The van der Waals surface area contributed by atoms with E-state index in [2.05, 4.69) is 6.07 Å². The number of fused-ring (bicyclic) bond motifs is 1. The van der Waals surface area contributed by atoms with Crippen LogP contribution >= 0.6 is 11.3 Å². The van der Waals surface area contributed by atoms with Gasteiger partial charge < -0.3 is 9.47 Å². The van der Waals surface area contributed by atoms with Crippen LogP contribution < -0.4 is 4.74 Å². The van der Waals surface area contributed by atoms with Gasteiger partial charge in [-0.05, 0) is 41.0 Å². The molecule has 1 aromatic carbocycles. The Balaban J connectivity index is 1.57. The van der Waals surface area contributed by atoms with E-state index in [1.165, 1.54) is 23.0 Å². The fraction of sp³-hybridized carbons (Fsp3) is 0.389. The largest absolute Gasteiger partial charge is 0.493 e. The van der Waals surface area contributed by atoms with Crippen LogP contribution in [-0.4, -0.2) is 45.5 Å². The molecule has 0 N–H and O–H groups in total. The number of esters is 1. The van der Waals surface area contributed by atoms with Gasteiger partial charge in [0.15, 0.2) is 0 Å². The van der Waals surface area contributed by atoms with Crippen LogP contribution in [0.1, 0.15) is 33.1 Å². The highest BCUT2D eigenvalue weighted by molar-refractivity contribution is 7.89. The number of sulfonamides is 1. The Morgan fingerprint density at radius 2 is 2.19 bits per heavy atom. The minimum Gasteiger partial charge on any atom is -0.493 e. The van der Waals surface area contributed by atoms with Gasteiger partial charge >= 0.3 is 5.97 Å². The molecule has 0 radical (unpaired) electrons. The van der Waals surface area contributed by atoms with Crippen molar-refractivity contribution in [3.05, 3.63) is 45.6 Å². The minimum atomic E-state index is -3.72. The van der Waals surface area contributed by atoms with Crippen LogP contribution in [-0.2, 0) is 21.2 Å². The molecule has 0 saturated carbocycles. The van der Waals surface area contributed by atoms with E-state index in [9.17, 15) is 13.2 Å². The van der Waals surface area contributed by atoms with Gasteiger partial charge in [-0.3, -0.25) is 0 Å². The van der Waals surface area contributed by atoms with Crippen LogP contribution in [0.4, 0.5) is 0 Å². The summed E-state index contributed by atoms with van der Waals surface area (Å²) in [6.45, 7) is 1.56. The van der Waals surface area contributed by atoms with Gasteiger partial charge in [0, 0.05) is 19.5 Å². The first-order chi connectivity index (χ1) is 12.5. The predicted molar refractivity (Wildman–Crippen MR) is 97.4 cm³/mol. The Bertz CT molecular complexity index is 950. The van der Waals surface area contributed by atoms with Gasteiger partial charge in [-0.1, -0.05) is 12.1 Å². The number of rotatable bonds is 4. The van der Waals surface area contributed by atoms with Crippen LogP contribution in [0.5, 0.6) is 5.75 Å². The maximum Gasteiger partial charge on any atom is 0.349 e. The summed E-state index contributed by atoms with van der Waals surface area (Å²) in [7, 11) is -2.46. The molecule has 3 heterocycles. The van der Waals surface area contributed by atoms with Gasteiger partial charge in [-0.25, -0.2) is 13.2 Å². The van der Waals surface area contributed by atoms with Crippen molar-refractivity contribution < 1.29 is 22.7 Å². The Morgan fingerprint density at radius 3 is 3.00 bits per heavy atom. The van der Waals surface area contributed by atoms with Crippen molar-refractivity contribution in [2.45, 2.75) is 23.7 Å². The Morgan fingerprint density at radius 1 is 1.35 bits per heavy atom. The zero-order chi connectivity index (χ0) is 18.3. The SMILES string of the molecule is COC(=O)c1sccc1S(=O)(=O)N1CC[C@H](c2ccc3c(c2)CCO3)C1. The van der Waals surface area contributed by atoms with Crippen molar-refractivity contribution in [1.29, 1.82) is 0 Å². The Labute approximate surface area is 156 Å². The summed E-state index contributed by atoms with van der Waals surface area (Å²) in [6, 6.07) is 7.61. The van der Waals surface area contributed by atoms with Crippen molar-refractivity contribution in [2.75, 3.05) is 26.8 Å². The molecule has 0 unspecified atom stereocenters. The predicted octanol–water partition coefficient (Wildman–Crippen LogP) is 2.65. The smallest absolute Gasteiger partial charge is 0.349 e. The van der Waals surface area contributed by atoms with E-state index >= 15 is 0 Å². The number of carbonyl (C=O) groups excluding carboxylic acids is 1. The number of ether oxygens (including phenoxy) is 2. The minimum absolute atomic E-state index is 0.0392. The van der Waals surface area contributed by atoms with Crippen molar-refractivity contribution >= 4 is 27.3 Å². The van der Waals surface area contributed by atoms with Crippen LogP contribution in [0, 0.1) is 0 Å². The van der Waals surface area contributed by atoms with Crippen LogP contribution in [0.25, 0.3) is 0 Å². The summed E-state index contributed by atoms with van der Waals surface area (Å²) < 4.78 is 37.7. The molecule has 0 bridgehead atoms. The van der Waals surface area contributed by atoms with Crippen LogP contribution in [0.3, 0.4) is 0 Å². The standard InChI is InChI=1S/C18H19NO5S2/c1-23-18(20)17-16(6-9-25-17)26(21,22)19-7-4-14(11-19)12-2-3-15-13(10-12)5-8-24-15/h2-3,6,9-10,14H,4-5,7-8,11H2,1H3/t14-/m0/s1. The second-order valence-corrected chi connectivity index (χ2v) is 9.24. The van der Waals surface area contributed by atoms with Gasteiger partial charge in [-0.15, -0.1) is 11.3 Å². The van der Waals surface area contributed by atoms with Gasteiger partial charge in [0.1, 0.15) is 15.5 Å². The molecule has 8 heteroatoms. The summed E-state index contributed by atoms with van der Waals surface area (Å²) in [4.78, 5) is 12.0. The lowest BCUT2D eigenvalue weighted by atomic mass is 9.96. The quantitative estimate of drug-likeness (QED) is 0.747. The van der Waals surface area contributed by atoms with Gasteiger partial charge in [0.2, 0.25) is 10.0 Å². The van der Waals surface area contributed by atoms with Crippen LogP contribution in [0.2, 0.25) is 0 Å². The van der Waals surface area contributed by atoms with Gasteiger partial charge in [0.25, 0.3) is 0 Å². The Hall–Kier alpha value is -1.90. The maximum atomic E-state index is 13.0. The van der Waals surface area contributed by atoms with E-state index in [4.69, 9.17) is 9.47 Å². The van der Waals surface area contributed by atoms with Crippen molar-refractivity contribution in [3.63, 3.8) is 0 Å². The molecular formula is C18H19NO5S2. The van der Waals surface area contributed by atoms with Crippen molar-refractivity contribution in [3.8, 4) is 5.75 Å². The van der Waals surface area contributed by atoms with E-state index in [0.29, 0.717) is 19.7 Å². The molecule has 4 rings (SSSR count). The fourth-order valence-electron chi connectivity index (χ4n) is 3.56. The third-order valence-electron chi connectivity index (χ3n) is 4.95. The maximum absolute atomic E-state index is 13.0. The van der Waals surface area contributed by atoms with E-state index in [1.807, 2.05) is 12.1 Å². The van der Waals surface area contributed by atoms with E-state index in [-0.39, 0.29) is 15.7 Å². The first-order valence-corrected chi connectivity index (χ1v) is 10.7. The summed E-state index contributed by atoms with van der Waals surface area (Å²) in [5.74, 6) is 0.459. The van der Waals surface area contributed by atoms with E-state index in [1.54, 1.807) is 5.38 Å². The zero-order valence-corrected chi connectivity index (χ0v) is 15.9. The number of nitrogens with zero attached hydrogens (tertiary/aromatic N) is 1. The molecular weight excluding hydrogens is 374 g/mol. The van der Waals surface area contributed by atoms with Gasteiger partial charge in [0.05, 0.1) is 13.7 Å². The molecule has 26 heavy (non-hydrogen) atoms. The molecule has 0 amide bonds. The topological polar surface area (TPSA) is 72.9 Å². The summed E-state index contributed by atoms with van der Waals surface area (Å²) in [5, 5.41) is 1.60. The third-order valence-corrected chi connectivity index (χ3v) is 7.88. The van der Waals surface area contributed by atoms with Crippen molar-refractivity contribution in [2.24, 2.45) is 0 Å². The molecule has 2 aromatic rings. The number of methoxy groups -OCH3 is 1. The lowest BCUT2D eigenvalue weighted by Gasteiger charge is -2.17. The molecule has 6 nitrogen and oxygen atoms in total. The van der Waals surface area contributed by atoms with Gasteiger partial charge in [-0.2, -0.15) is 4.31 Å². The highest BCUT2D eigenvalue weighted by Gasteiger charge is 2.36. The molecule has 0 aliphatic carbocycles. The third kappa shape index (κ3) is 2.91. The monoisotopic (exact) mass is 393 g/mol. The number of hydrogen-bond donors (Lipinski definition) is 0. The molecule has 2 aliphatic rings. The molecule has 138 valence electrons. The first-order valence-electron chi connectivity index (χ1n) is 8.42. The lowest BCUT2D eigenvalue weighted by molar-refractivity contribution is 0.0602. The second kappa shape index (κ2) is 6.68. The number of carbonyl (C=O) groups is 1. The number of thiophene rings is 1. The van der Waals surface area contributed by atoms with Crippen molar-refractivity contribution in [1.82, 2.24) is 4.31 Å². The van der Waals surface area contributed by atoms with E-state index in [0.717, 1.165) is 35.5 Å². The first kappa shape index (κ1) is 17.5. The summed E-state index contributed by atoms with van der Waals surface area (Å²) in [5.41, 5.74) is 2.33. The second-order valence-electron chi connectivity index (χ2n) is 6.42. The average Bonchev–Trinajstić information content (AvgIpc) is 3.40. The molecule has 1 saturated heterocycles. The van der Waals surface area contributed by atoms with E-state index < -0.39 is 16.0 Å². The lowest BCUT2D eigenvalue weighted by Crippen LogP contribution is -2.29. The molecule has 1 atom stereocenters.